The summed E-state index contributed by atoms with van der Waals surface area (Å²) >= 11 is 0. The van der Waals surface area contributed by atoms with Gasteiger partial charge in [0.1, 0.15) is 0 Å². The number of rotatable bonds is 22. The molecular formula is C28H59NO6. The first kappa shape index (κ1) is 34.7. The van der Waals surface area contributed by atoms with Gasteiger partial charge in [-0.05, 0) is 58.3 Å². The van der Waals surface area contributed by atoms with Crippen LogP contribution in [-0.2, 0) is 28.4 Å². The Morgan fingerprint density at radius 3 is 1.49 bits per heavy atom. The summed E-state index contributed by atoms with van der Waals surface area (Å²) in [4.78, 5) is 0. The third kappa shape index (κ3) is 26.6. The molecule has 0 aromatic rings. The highest BCUT2D eigenvalue weighted by atomic mass is 16.6. The molecule has 0 rings (SSSR count). The second kappa shape index (κ2) is 18.1. The van der Waals surface area contributed by atoms with Crippen molar-refractivity contribution in [3.63, 3.8) is 0 Å². The molecule has 0 aliphatic carbocycles. The van der Waals surface area contributed by atoms with Crippen LogP contribution in [0, 0.1) is 10.8 Å². The van der Waals surface area contributed by atoms with Crippen LogP contribution in [-0.4, -0.2) is 90.4 Å². The number of hydrogen-bond acceptors (Lipinski definition) is 7. The van der Waals surface area contributed by atoms with Crippen molar-refractivity contribution in [3.8, 4) is 0 Å². The number of hydrogen-bond donors (Lipinski definition) is 1. The highest BCUT2D eigenvalue weighted by Gasteiger charge is 2.29. The van der Waals surface area contributed by atoms with Gasteiger partial charge in [0.05, 0.1) is 71.7 Å². The van der Waals surface area contributed by atoms with Gasteiger partial charge in [-0.2, -0.15) is 0 Å². The average Bonchev–Trinajstić information content (AvgIpc) is 2.68. The van der Waals surface area contributed by atoms with Crippen LogP contribution in [0.3, 0.4) is 0 Å². The number of nitrogens with one attached hydrogen (secondary N) is 1. The molecule has 7 nitrogen and oxygen atoms in total. The van der Waals surface area contributed by atoms with Gasteiger partial charge in [-0.1, -0.05) is 34.6 Å². The van der Waals surface area contributed by atoms with Crippen LogP contribution in [0.25, 0.3) is 0 Å². The van der Waals surface area contributed by atoms with Gasteiger partial charge >= 0.3 is 0 Å². The predicted octanol–water partition coefficient (Wildman–Crippen LogP) is 5.11. The van der Waals surface area contributed by atoms with Gasteiger partial charge in [-0.15, -0.1) is 0 Å². The quantitative estimate of drug-likeness (QED) is 0.205. The van der Waals surface area contributed by atoms with E-state index in [0.29, 0.717) is 59.5 Å². The molecule has 0 aromatic carbocycles. The Hall–Kier alpha value is -0.280. The molecular weight excluding hydrogens is 446 g/mol. The van der Waals surface area contributed by atoms with Crippen LogP contribution in [0.2, 0.25) is 0 Å². The molecule has 0 aliphatic rings. The lowest BCUT2D eigenvalue weighted by molar-refractivity contribution is -0.0744. The fourth-order valence-corrected chi connectivity index (χ4v) is 3.66. The maximum Gasteiger partial charge on any atom is 0.0707 e. The van der Waals surface area contributed by atoms with Crippen molar-refractivity contribution in [1.82, 2.24) is 5.32 Å². The van der Waals surface area contributed by atoms with E-state index in [4.69, 9.17) is 28.4 Å². The van der Waals surface area contributed by atoms with E-state index >= 15 is 0 Å². The molecule has 0 saturated carbocycles. The second-order valence-corrected chi connectivity index (χ2v) is 12.9. The largest absolute Gasteiger partial charge is 0.379 e. The summed E-state index contributed by atoms with van der Waals surface area (Å²) in [6, 6.07) is 0. The molecule has 212 valence electrons. The summed E-state index contributed by atoms with van der Waals surface area (Å²) in [6.45, 7) is 29.6. The van der Waals surface area contributed by atoms with E-state index in [0.717, 1.165) is 32.6 Å². The van der Waals surface area contributed by atoms with E-state index in [-0.39, 0.29) is 22.0 Å². The Labute approximate surface area is 217 Å². The first-order chi connectivity index (χ1) is 16.1. The zero-order valence-corrected chi connectivity index (χ0v) is 24.8. The predicted molar refractivity (Wildman–Crippen MR) is 144 cm³/mol. The minimum absolute atomic E-state index is 0.126. The van der Waals surface area contributed by atoms with Gasteiger partial charge in [0.2, 0.25) is 0 Å². The summed E-state index contributed by atoms with van der Waals surface area (Å²) in [5.74, 6) is 0. The van der Waals surface area contributed by atoms with Crippen LogP contribution < -0.4 is 5.32 Å². The molecule has 0 aromatic heterocycles. The molecule has 35 heavy (non-hydrogen) atoms. The molecule has 0 amide bonds. The van der Waals surface area contributed by atoms with E-state index in [2.05, 4.69) is 74.6 Å². The van der Waals surface area contributed by atoms with Gasteiger partial charge in [0.15, 0.2) is 0 Å². The Morgan fingerprint density at radius 1 is 0.514 bits per heavy atom. The van der Waals surface area contributed by atoms with Crippen LogP contribution in [0.15, 0.2) is 0 Å². The fourth-order valence-electron chi connectivity index (χ4n) is 3.66. The van der Waals surface area contributed by atoms with Gasteiger partial charge in [-0.25, -0.2) is 0 Å². The van der Waals surface area contributed by atoms with E-state index in [1.807, 2.05) is 0 Å². The lowest BCUT2D eigenvalue weighted by atomic mass is 9.79. The molecule has 0 aliphatic heterocycles. The molecule has 1 N–H and O–H groups in total. The van der Waals surface area contributed by atoms with Crippen LogP contribution in [0.4, 0.5) is 0 Å². The second-order valence-electron chi connectivity index (χ2n) is 12.9. The normalized spacial score (nSPS) is 13.5. The Bertz CT molecular complexity index is 453. The van der Waals surface area contributed by atoms with Gasteiger partial charge in [0.25, 0.3) is 0 Å². The zero-order chi connectivity index (χ0) is 26.8. The van der Waals surface area contributed by atoms with Gasteiger partial charge in [-0.3, -0.25) is 0 Å². The third-order valence-electron chi connectivity index (χ3n) is 5.10. The number of ether oxygens (including phenoxy) is 6. The highest BCUT2D eigenvalue weighted by molar-refractivity contribution is 4.80. The van der Waals surface area contributed by atoms with Crippen molar-refractivity contribution in [3.05, 3.63) is 0 Å². The van der Waals surface area contributed by atoms with Crippen LogP contribution in [0.5, 0.6) is 0 Å². The summed E-state index contributed by atoms with van der Waals surface area (Å²) < 4.78 is 34.3. The first-order valence-corrected chi connectivity index (χ1v) is 13.4. The van der Waals surface area contributed by atoms with Crippen molar-refractivity contribution >= 4 is 0 Å². The monoisotopic (exact) mass is 505 g/mol. The van der Waals surface area contributed by atoms with Crippen molar-refractivity contribution in [2.24, 2.45) is 10.8 Å². The maximum absolute atomic E-state index is 6.11. The summed E-state index contributed by atoms with van der Waals surface area (Å²) in [6.07, 6.45) is 1.93. The summed E-state index contributed by atoms with van der Waals surface area (Å²) in [5.41, 5.74) is 0.240. The Kier molecular flexibility index (Phi) is 17.9. The maximum atomic E-state index is 6.11. The average molecular weight is 506 g/mol. The van der Waals surface area contributed by atoms with Crippen LogP contribution in [0.1, 0.15) is 82.1 Å². The van der Waals surface area contributed by atoms with E-state index in [1.54, 1.807) is 0 Å². The SMILES string of the molecule is CC(C)(C)COCCOCCOCCC(C)(C)CC(C)(C)OCCOCCOCCNC(C)(C)C. The molecule has 0 heterocycles. The van der Waals surface area contributed by atoms with Crippen LogP contribution >= 0.6 is 0 Å². The Morgan fingerprint density at radius 2 is 0.971 bits per heavy atom. The highest BCUT2D eigenvalue weighted by Crippen LogP contribution is 2.33. The van der Waals surface area contributed by atoms with Gasteiger partial charge < -0.3 is 33.7 Å². The molecule has 0 fully saturated rings. The van der Waals surface area contributed by atoms with E-state index < -0.39 is 0 Å². The third-order valence-corrected chi connectivity index (χ3v) is 5.10. The molecule has 0 saturated heterocycles. The molecule has 0 radical (unpaired) electrons. The van der Waals surface area contributed by atoms with E-state index in [9.17, 15) is 0 Å². The van der Waals surface area contributed by atoms with Crippen molar-refractivity contribution in [2.75, 3.05) is 79.2 Å². The molecule has 0 unspecified atom stereocenters. The summed E-state index contributed by atoms with van der Waals surface area (Å²) in [5, 5.41) is 3.40. The standard InChI is InChI=1S/C28H59NO6/c1-25(2,3)24-34-20-19-32-17-15-30-13-11-27(7,8)23-28(9,10)35-22-21-33-18-16-31-14-12-29-26(4,5)6/h29H,11-24H2,1-10H3. The molecule has 7 heteroatoms. The van der Waals surface area contributed by atoms with Crippen molar-refractivity contribution < 1.29 is 28.4 Å². The molecule has 0 spiro atoms. The smallest absolute Gasteiger partial charge is 0.0707 e. The van der Waals surface area contributed by atoms with E-state index in [1.165, 1.54) is 0 Å². The minimum Gasteiger partial charge on any atom is -0.379 e. The zero-order valence-electron chi connectivity index (χ0n) is 24.8. The topological polar surface area (TPSA) is 67.4 Å². The Balaban J connectivity index is 3.70. The lowest BCUT2D eigenvalue weighted by Crippen LogP contribution is -2.38. The van der Waals surface area contributed by atoms with Gasteiger partial charge in [0, 0.05) is 18.7 Å². The van der Waals surface area contributed by atoms with Crippen molar-refractivity contribution in [1.29, 1.82) is 0 Å². The molecule has 0 bridgehead atoms. The first-order valence-electron chi connectivity index (χ1n) is 13.4. The van der Waals surface area contributed by atoms with Crippen molar-refractivity contribution in [2.45, 2.75) is 93.2 Å². The minimum atomic E-state index is -0.210. The molecule has 0 atom stereocenters. The lowest BCUT2D eigenvalue weighted by Gasteiger charge is -2.35. The summed E-state index contributed by atoms with van der Waals surface area (Å²) in [7, 11) is 0. The fraction of sp³-hybridized carbons (Fsp3) is 1.00.